The van der Waals surface area contributed by atoms with Crippen molar-refractivity contribution in [3.63, 3.8) is 0 Å². The molecular weight excluding hydrogens is 385 g/mol. The third-order valence-corrected chi connectivity index (χ3v) is 5.73. The summed E-state index contributed by atoms with van der Waals surface area (Å²) in [6.07, 6.45) is 1.17. The Balaban J connectivity index is 1.52. The Hall–Kier alpha value is -3.00. The minimum absolute atomic E-state index is 0.161. The quantitative estimate of drug-likeness (QED) is 0.559. The zero-order chi connectivity index (χ0) is 20.1. The van der Waals surface area contributed by atoms with Gasteiger partial charge in [0.15, 0.2) is 22.2 Å². The van der Waals surface area contributed by atoms with E-state index in [2.05, 4.69) is 4.98 Å². The number of aromatic nitrogens is 1. The highest BCUT2D eigenvalue weighted by Gasteiger charge is 2.17. The van der Waals surface area contributed by atoms with Crippen molar-refractivity contribution in [1.82, 2.24) is 4.98 Å². The first-order chi connectivity index (χ1) is 13.3. The average molecular weight is 403 g/mol. The summed E-state index contributed by atoms with van der Waals surface area (Å²) in [5, 5.41) is 0. The number of sulfone groups is 1. The molecule has 0 aliphatic rings. The summed E-state index contributed by atoms with van der Waals surface area (Å²) in [6.45, 7) is 1.64. The van der Waals surface area contributed by atoms with Crippen LogP contribution in [0, 0.1) is 12.7 Å². The minimum Gasteiger partial charge on any atom is -0.456 e. The Bertz CT molecular complexity index is 1060. The summed E-state index contributed by atoms with van der Waals surface area (Å²) in [4.78, 5) is 16.0. The van der Waals surface area contributed by atoms with Crippen molar-refractivity contribution < 1.29 is 26.8 Å². The first-order valence-corrected chi connectivity index (χ1v) is 10.1. The van der Waals surface area contributed by atoms with Crippen LogP contribution in [0.4, 0.5) is 4.39 Å². The normalized spacial score (nSPS) is 11.4. The summed E-state index contributed by atoms with van der Waals surface area (Å²) in [7, 11) is -3.56. The van der Waals surface area contributed by atoms with E-state index in [0.29, 0.717) is 11.3 Å². The van der Waals surface area contributed by atoms with Crippen LogP contribution in [0.5, 0.6) is 0 Å². The van der Waals surface area contributed by atoms with Crippen LogP contribution in [-0.2, 0) is 26.0 Å². The third kappa shape index (κ3) is 5.04. The fourth-order valence-electron chi connectivity index (χ4n) is 2.42. The van der Waals surface area contributed by atoms with Gasteiger partial charge in [-0.1, -0.05) is 17.7 Å². The second-order valence-corrected chi connectivity index (χ2v) is 8.28. The molecule has 2 aromatic carbocycles. The second-order valence-electron chi connectivity index (χ2n) is 6.17. The molecule has 0 saturated heterocycles. The summed E-state index contributed by atoms with van der Waals surface area (Å²) in [6, 6.07) is 12.1. The first kappa shape index (κ1) is 19.8. The second kappa shape index (κ2) is 8.35. The van der Waals surface area contributed by atoms with Crippen LogP contribution in [0.1, 0.15) is 17.9 Å². The molecule has 0 unspecified atom stereocenters. The molecule has 0 spiro atoms. The molecule has 0 radical (unpaired) electrons. The molecule has 3 aromatic rings. The number of hydrogen-bond donors (Lipinski definition) is 0. The zero-order valence-electron chi connectivity index (χ0n) is 15.1. The van der Waals surface area contributed by atoms with Crippen molar-refractivity contribution in [3.05, 3.63) is 72.0 Å². The number of carbonyl (C=O) groups is 1. The van der Waals surface area contributed by atoms with Crippen molar-refractivity contribution in [1.29, 1.82) is 0 Å². The lowest BCUT2D eigenvalue weighted by Gasteiger charge is -2.05. The van der Waals surface area contributed by atoms with Gasteiger partial charge < -0.3 is 9.15 Å². The zero-order valence-corrected chi connectivity index (χ0v) is 15.9. The molecule has 0 saturated carbocycles. The van der Waals surface area contributed by atoms with Gasteiger partial charge >= 0.3 is 5.97 Å². The molecule has 0 bridgehead atoms. The molecule has 1 heterocycles. The van der Waals surface area contributed by atoms with Gasteiger partial charge in [0.25, 0.3) is 0 Å². The van der Waals surface area contributed by atoms with Gasteiger partial charge in [0.05, 0.1) is 23.3 Å². The molecule has 0 amide bonds. The maximum absolute atomic E-state index is 13.0. The fraction of sp³-hybridized carbons (Fsp3) is 0.200. The third-order valence-electron chi connectivity index (χ3n) is 3.99. The van der Waals surface area contributed by atoms with E-state index in [9.17, 15) is 17.6 Å². The van der Waals surface area contributed by atoms with Gasteiger partial charge in [0.1, 0.15) is 5.82 Å². The maximum atomic E-state index is 13.0. The summed E-state index contributed by atoms with van der Waals surface area (Å²) in [5.41, 5.74) is 1.58. The van der Waals surface area contributed by atoms with Gasteiger partial charge in [-0.05, 0) is 43.3 Å². The Labute approximate surface area is 161 Å². The molecule has 0 fully saturated rings. The Kier molecular flexibility index (Phi) is 5.89. The average Bonchev–Trinajstić information content (AvgIpc) is 3.15. The molecule has 1 aromatic heterocycles. The van der Waals surface area contributed by atoms with Crippen molar-refractivity contribution in [2.45, 2.75) is 24.8 Å². The maximum Gasteiger partial charge on any atom is 0.307 e. The molecule has 146 valence electrons. The van der Waals surface area contributed by atoms with E-state index < -0.39 is 15.8 Å². The van der Waals surface area contributed by atoms with Crippen LogP contribution in [0.2, 0.25) is 0 Å². The monoisotopic (exact) mass is 403 g/mol. The number of nitrogens with zero attached hydrogens (tertiary/aromatic N) is 1. The van der Waals surface area contributed by atoms with Crippen LogP contribution in [0.25, 0.3) is 11.3 Å². The number of carbonyl (C=O) groups excluding carboxylic acids is 1. The molecule has 0 aliphatic carbocycles. The van der Waals surface area contributed by atoms with Gasteiger partial charge in [-0.15, -0.1) is 0 Å². The van der Waals surface area contributed by atoms with E-state index in [-0.39, 0.29) is 35.4 Å². The highest BCUT2D eigenvalue weighted by atomic mass is 32.2. The number of ether oxygens (including phenoxy) is 1. The summed E-state index contributed by atoms with van der Waals surface area (Å²) in [5.74, 6) is -0.807. The van der Waals surface area contributed by atoms with Gasteiger partial charge in [0, 0.05) is 5.56 Å². The van der Waals surface area contributed by atoms with Crippen LogP contribution >= 0.6 is 0 Å². The number of rotatable bonds is 7. The van der Waals surface area contributed by atoms with Gasteiger partial charge in [-0.3, -0.25) is 4.79 Å². The predicted octanol–water partition coefficient (Wildman–Crippen LogP) is 3.70. The van der Waals surface area contributed by atoms with E-state index in [1.165, 1.54) is 30.5 Å². The van der Waals surface area contributed by atoms with Crippen LogP contribution < -0.4 is 0 Å². The molecule has 8 heteroatoms. The van der Waals surface area contributed by atoms with Crippen LogP contribution in [0.3, 0.4) is 0 Å². The standard InChI is InChI=1S/C20H18FNO5S/c1-14-2-8-17(9-3-14)28(24,25)11-10-20(23)26-13-19-22-12-18(27-19)15-4-6-16(21)7-5-15/h2-9,12H,10-11,13H2,1H3. The highest BCUT2D eigenvalue weighted by Crippen LogP contribution is 2.21. The topological polar surface area (TPSA) is 86.5 Å². The Morgan fingerprint density at radius 1 is 1.11 bits per heavy atom. The summed E-state index contributed by atoms with van der Waals surface area (Å²) >= 11 is 0. The van der Waals surface area contributed by atoms with Gasteiger partial charge in [0.2, 0.25) is 5.89 Å². The molecule has 0 aliphatic heterocycles. The number of esters is 1. The molecule has 6 nitrogen and oxygen atoms in total. The lowest BCUT2D eigenvalue weighted by Crippen LogP contribution is -2.13. The van der Waals surface area contributed by atoms with E-state index in [1.54, 1.807) is 24.3 Å². The van der Waals surface area contributed by atoms with E-state index in [4.69, 9.17) is 9.15 Å². The van der Waals surface area contributed by atoms with Crippen molar-refractivity contribution >= 4 is 15.8 Å². The largest absolute Gasteiger partial charge is 0.456 e. The van der Waals surface area contributed by atoms with Crippen molar-refractivity contribution in [2.75, 3.05) is 5.75 Å². The van der Waals surface area contributed by atoms with Crippen LogP contribution in [-0.4, -0.2) is 25.1 Å². The van der Waals surface area contributed by atoms with Gasteiger partial charge in [-0.25, -0.2) is 17.8 Å². The van der Waals surface area contributed by atoms with E-state index >= 15 is 0 Å². The number of benzene rings is 2. The lowest BCUT2D eigenvalue weighted by molar-refractivity contribution is -0.145. The number of hydrogen-bond acceptors (Lipinski definition) is 6. The van der Waals surface area contributed by atoms with Crippen molar-refractivity contribution in [2.24, 2.45) is 0 Å². The molecule has 3 rings (SSSR count). The molecule has 0 N–H and O–H groups in total. The number of halogens is 1. The predicted molar refractivity (Wildman–Crippen MR) is 99.5 cm³/mol. The minimum atomic E-state index is -3.56. The SMILES string of the molecule is Cc1ccc(S(=O)(=O)CCC(=O)OCc2ncc(-c3ccc(F)cc3)o2)cc1. The Morgan fingerprint density at radius 2 is 1.79 bits per heavy atom. The molecular formula is C20H18FNO5S. The fourth-order valence-corrected chi connectivity index (χ4v) is 3.64. The summed E-state index contributed by atoms with van der Waals surface area (Å²) < 4.78 is 47.9. The van der Waals surface area contributed by atoms with Crippen molar-refractivity contribution in [3.8, 4) is 11.3 Å². The van der Waals surface area contributed by atoms with E-state index in [1.807, 2.05) is 6.92 Å². The number of oxazole rings is 1. The molecule has 0 atom stereocenters. The lowest BCUT2D eigenvalue weighted by atomic mass is 10.2. The van der Waals surface area contributed by atoms with E-state index in [0.717, 1.165) is 5.56 Å². The van der Waals surface area contributed by atoms with Crippen LogP contribution in [0.15, 0.2) is 64.0 Å². The smallest absolute Gasteiger partial charge is 0.307 e. The van der Waals surface area contributed by atoms with Gasteiger partial charge in [-0.2, -0.15) is 0 Å². The first-order valence-electron chi connectivity index (χ1n) is 8.49. The number of aryl methyl sites for hydroxylation is 1. The Morgan fingerprint density at radius 3 is 2.46 bits per heavy atom. The molecule has 28 heavy (non-hydrogen) atoms. The highest BCUT2D eigenvalue weighted by molar-refractivity contribution is 7.91.